The predicted molar refractivity (Wildman–Crippen MR) is 71.7 cm³/mol. The Labute approximate surface area is 108 Å². The van der Waals surface area contributed by atoms with Crippen molar-refractivity contribution >= 4 is 17.3 Å². The lowest BCUT2D eigenvalue weighted by molar-refractivity contribution is 0.233. The van der Waals surface area contributed by atoms with Crippen molar-refractivity contribution in [2.45, 2.75) is 19.6 Å². The van der Waals surface area contributed by atoms with Gasteiger partial charge < -0.3 is 14.9 Å². The minimum atomic E-state index is 0.0627. The molecule has 0 aliphatic carbocycles. The number of aliphatic hydroxyl groups excluding tert-OH is 1. The summed E-state index contributed by atoms with van der Waals surface area (Å²) in [6.07, 6.45) is 0. The molecule has 1 fully saturated rings. The maximum absolute atomic E-state index is 9.38. The molecule has 0 bridgehead atoms. The number of anilines is 1. The number of aliphatic hydroxyl groups is 1. The van der Waals surface area contributed by atoms with Gasteiger partial charge in [-0.15, -0.1) is 0 Å². The van der Waals surface area contributed by atoms with Crippen LogP contribution in [-0.2, 0) is 6.61 Å². The van der Waals surface area contributed by atoms with Gasteiger partial charge in [-0.1, -0.05) is 17.7 Å². The Hall–Kier alpha value is -0.770. The topological polar surface area (TPSA) is 26.7 Å². The number of piperazine rings is 1. The molecule has 1 atom stereocenters. The highest BCUT2D eigenvalue weighted by molar-refractivity contribution is 6.30. The fraction of sp³-hybridized carbons (Fsp3) is 0.538. The smallest absolute Gasteiger partial charge is 0.0702 e. The molecule has 0 amide bonds. The Balaban J connectivity index is 2.24. The van der Waals surface area contributed by atoms with Gasteiger partial charge in [0.05, 0.1) is 6.61 Å². The number of likely N-dealkylation sites (N-methyl/N-ethyl adjacent to an activating group) is 1. The van der Waals surface area contributed by atoms with E-state index in [1.54, 1.807) is 0 Å². The van der Waals surface area contributed by atoms with E-state index in [9.17, 15) is 5.11 Å². The van der Waals surface area contributed by atoms with E-state index in [1.165, 1.54) is 0 Å². The van der Waals surface area contributed by atoms with E-state index >= 15 is 0 Å². The first-order valence-corrected chi connectivity index (χ1v) is 6.34. The SMILES string of the molecule is CC1CN(c2cc(Cl)ccc2CO)CCN1C. The maximum atomic E-state index is 9.38. The summed E-state index contributed by atoms with van der Waals surface area (Å²) in [5.74, 6) is 0. The quantitative estimate of drug-likeness (QED) is 0.874. The van der Waals surface area contributed by atoms with Crippen molar-refractivity contribution in [3.05, 3.63) is 28.8 Å². The van der Waals surface area contributed by atoms with E-state index in [-0.39, 0.29) is 6.61 Å². The number of rotatable bonds is 2. The van der Waals surface area contributed by atoms with Crippen molar-refractivity contribution in [3.8, 4) is 0 Å². The van der Waals surface area contributed by atoms with Gasteiger partial charge in [0, 0.05) is 41.9 Å². The fourth-order valence-corrected chi connectivity index (χ4v) is 2.40. The third-order valence-corrected chi connectivity index (χ3v) is 3.75. The van der Waals surface area contributed by atoms with Crippen LogP contribution in [-0.4, -0.2) is 42.7 Å². The van der Waals surface area contributed by atoms with Gasteiger partial charge in [0.2, 0.25) is 0 Å². The molecule has 1 aromatic carbocycles. The molecule has 0 radical (unpaired) electrons. The van der Waals surface area contributed by atoms with Crippen LogP contribution in [0.25, 0.3) is 0 Å². The first-order valence-electron chi connectivity index (χ1n) is 5.96. The Morgan fingerprint density at radius 3 is 2.82 bits per heavy atom. The van der Waals surface area contributed by atoms with Crippen LogP contribution in [0.3, 0.4) is 0 Å². The second-order valence-corrected chi connectivity index (χ2v) is 5.14. The van der Waals surface area contributed by atoms with Crippen LogP contribution in [0, 0.1) is 0 Å². The van der Waals surface area contributed by atoms with Crippen molar-refractivity contribution < 1.29 is 5.11 Å². The van der Waals surface area contributed by atoms with Gasteiger partial charge in [-0.2, -0.15) is 0 Å². The van der Waals surface area contributed by atoms with Crippen LogP contribution in [0.4, 0.5) is 5.69 Å². The van der Waals surface area contributed by atoms with E-state index in [1.807, 2.05) is 18.2 Å². The molecule has 0 spiro atoms. The summed E-state index contributed by atoms with van der Waals surface area (Å²) in [4.78, 5) is 4.65. The first kappa shape index (κ1) is 12.7. The third kappa shape index (κ3) is 2.73. The van der Waals surface area contributed by atoms with Gasteiger partial charge in [0.15, 0.2) is 0 Å². The minimum Gasteiger partial charge on any atom is -0.392 e. The van der Waals surface area contributed by atoms with Crippen molar-refractivity contribution in [1.82, 2.24) is 4.90 Å². The minimum absolute atomic E-state index is 0.0627. The van der Waals surface area contributed by atoms with E-state index in [2.05, 4.69) is 23.8 Å². The maximum Gasteiger partial charge on any atom is 0.0702 e. The first-order chi connectivity index (χ1) is 8.11. The molecule has 1 N–H and O–H groups in total. The summed E-state index contributed by atoms with van der Waals surface area (Å²) in [6.45, 7) is 5.28. The lowest BCUT2D eigenvalue weighted by Gasteiger charge is -2.39. The molecule has 3 nitrogen and oxygen atoms in total. The van der Waals surface area contributed by atoms with Crippen LogP contribution < -0.4 is 4.90 Å². The molecule has 94 valence electrons. The zero-order chi connectivity index (χ0) is 12.4. The van der Waals surface area contributed by atoms with Crippen LogP contribution in [0.1, 0.15) is 12.5 Å². The summed E-state index contributed by atoms with van der Waals surface area (Å²) in [5, 5.41) is 10.1. The van der Waals surface area contributed by atoms with E-state index in [0.29, 0.717) is 6.04 Å². The van der Waals surface area contributed by atoms with Crippen molar-refractivity contribution in [2.24, 2.45) is 0 Å². The Morgan fingerprint density at radius 1 is 1.41 bits per heavy atom. The van der Waals surface area contributed by atoms with Crippen LogP contribution >= 0.6 is 11.6 Å². The largest absolute Gasteiger partial charge is 0.392 e. The van der Waals surface area contributed by atoms with Gasteiger partial charge in [-0.05, 0) is 26.1 Å². The predicted octanol–water partition coefficient (Wildman–Crippen LogP) is 1.97. The average Bonchev–Trinajstić information content (AvgIpc) is 2.32. The summed E-state index contributed by atoms with van der Waals surface area (Å²) in [7, 11) is 2.15. The molecule has 1 saturated heterocycles. The second-order valence-electron chi connectivity index (χ2n) is 4.71. The molecule has 4 heteroatoms. The van der Waals surface area contributed by atoms with Crippen LogP contribution in [0.5, 0.6) is 0 Å². The highest BCUT2D eigenvalue weighted by Crippen LogP contribution is 2.26. The number of hydrogen-bond acceptors (Lipinski definition) is 3. The Morgan fingerprint density at radius 2 is 2.18 bits per heavy atom. The average molecular weight is 255 g/mol. The second kappa shape index (κ2) is 5.25. The standard InChI is InChI=1S/C13H19ClN2O/c1-10-8-16(6-5-15(10)2)13-7-12(14)4-3-11(13)9-17/h3-4,7,10,17H,5-6,8-9H2,1-2H3. The monoisotopic (exact) mass is 254 g/mol. The highest BCUT2D eigenvalue weighted by atomic mass is 35.5. The molecular weight excluding hydrogens is 236 g/mol. The van der Waals surface area contributed by atoms with E-state index in [0.717, 1.165) is 35.9 Å². The van der Waals surface area contributed by atoms with Gasteiger partial charge in [-0.3, -0.25) is 0 Å². The van der Waals surface area contributed by atoms with Crippen LogP contribution in [0.2, 0.25) is 5.02 Å². The van der Waals surface area contributed by atoms with Gasteiger partial charge in [0.25, 0.3) is 0 Å². The molecule has 2 rings (SSSR count). The summed E-state index contributed by atoms with van der Waals surface area (Å²) >= 11 is 6.04. The van der Waals surface area contributed by atoms with Crippen molar-refractivity contribution in [1.29, 1.82) is 0 Å². The van der Waals surface area contributed by atoms with Crippen LogP contribution in [0.15, 0.2) is 18.2 Å². The molecule has 1 aromatic rings. The molecule has 0 saturated carbocycles. The van der Waals surface area contributed by atoms with Crippen molar-refractivity contribution in [2.75, 3.05) is 31.6 Å². The highest BCUT2D eigenvalue weighted by Gasteiger charge is 2.22. The normalized spacial score (nSPS) is 21.9. The molecule has 0 aromatic heterocycles. The molecule has 17 heavy (non-hydrogen) atoms. The Bertz CT molecular complexity index is 397. The molecule has 1 unspecified atom stereocenters. The number of benzene rings is 1. The molecule has 1 aliphatic rings. The molecule has 1 heterocycles. The Kier molecular flexibility index (Phi) is 3.92. The van der Waals surface area contributed by atoms with Gasteiger partial charge in [0.1, 0.15) is 0 Å². The lowest BCUT2D eigenvalue weighted by Crippen LogP contribution is -2.50. The molecule has 1 aliphatic heterocycles. The lowest BCUT2D eigenvalue weighted by atomic mass is 10.1. The number of halogens is 1. The van der Waals surface area contributed by atoms with Gasteiger partial charge >= 0.3 is 0 Å². The van der Waals surface area contributed by atoms with Crippen molar-refractivity contribution in [3.63, 3.8) is 0 Å². The number of nitrogens with zero attached hydrogens (tertiary/aromatic N) is 2. The van der Waals surface area contributed by atoms with E-state index in [4.69, 9.17) is 11.6 Å². The van der Waals surface area contributed by atoms with E-state index < -0.39 is 0 Å². The summed E-state index contributed by atoms with van der Waals surface area (Å²) in [6, 6.07) is 6.20. The zero-order valence-electron chi connectivity index (χ0n) is 10.4. The zero-order valence-corrected chi connectivity index (χ0v) is 11.1. The molecular formula is C13H19ClN2O. The van der Waals surface area contributed by atoms with Gasteiger partial charge in [-0.25, -0.2) is 0 Å². The third-order valence-electron chi connectivity index (χ3n) is 3.52. The fourth-order valence-electron chi connectivity index (χ4n) is 2.23. The number of hydrogen-bond donors (Lipinski definition) is 1. The summed E-state index contributed by atoms with van der Waals surface area (Å²) in [5.41, 5.74) is 2.02. The summed E-state index contributed by atoms with van der Waals surface area (Å²) < 4.78 is 0.